The number of anilines is 2. The van der Waals surface area contributed by atoms with E-state index in [1.807, 2.05) is 0 Å². The van der Waals surface area contributed by atoms with E-state index >= 15 is 0 Å². The molecule has 0 atom stereocenters. The Morgan fingerprint density at radius 2 is 1.84 bits per heavy atom. The van der Waals surface area contributed by atoms with Crippen LogP contribution in [0.2, 0.25) is 5.02 Å². The molecule has 0 amide bonds. The molecular formula is C20H17ClN4O5S. The van der Waals surface area contributed by atoms with E-state index in [-0.39, 0.29) is 16.3 Å². The summed E-state index contributed by atoms with van der Waals surface area (Å²) in [6.07, 6.45) is 1.44. The van der Waals surface area contributed by atoms with Crippen LogP contribution in [0.3, 0.4) is 0 Å². The minimum atomic E-state index is -4.05. The number of methoxy groups -OCH3 is 1. The van der Waals surface area contributed by atoms with Crippen molar-refractivity contribution in [1.82, 2.24) is 0 Å². The molecule has 11 heteroatoms. The highest BCUT2D eigenvalue weighted by atomic mass is 35.5. The van der Waals surface area contributed by atoms with Crippen molar-refractivity contribution in [2.75, 3.05) is 17.3 Å². The summed E-state index contributed by atoms with van der Waals surface area (Å²) in [6, 6.07) is 16.6. The zero-order chi connectivity index (χ0) is 22.4. The van der Waals surface area contributed by atoms with Gasteiger partial charge < -0.3 is 4.74 Å². The molecule has 2 N–H and O–H groups in total. The first-order valence-electron chi connectivity index (χ1n) is 8.78. The second-order valence-electron chi connectivity index (χ2n) is 6.20. The lowest BCUT2D eigenvalue weighted by Crippen LogP contribution is -2.13. The lowest BCUT2D eigenvalue weighted by Gasteiger charge is -2.10. The summed E-state index contributed by atoms with van der Waals surface area (Å²) in [4.78, 5) is 10.5. The molecule has 3 aromatic rings. The standard InChI is InChI=1S/C20H17ClN4O5S/c1-30-17-7-5-16(6-8-17)24-31(28,29)18-9-10-19(20(12-18)25(26)27)23-22-13-14-3-2-4-15(21)11-14/h2-13,23-24H,1H3. The summed E-state index contributed by atoms with van der Waals surface area (Å²) in [5.41, 5.74) is 3.12. The zero-order valence-corrected chi connectivity index (χ0v) is 17.7. The van der Waals surface area contributed by atoms with Gasteiger partial charge in [-0.05, 0) is 54.1 Å². The minimum absolute atomic E-state index is 0.0340. The molecule has 0 saturated heterocycles. The van der Waals surface area contributed by atoms with E-state index in [0.717, 1.165) is 6.07 Å². The molecular weight excluding hydrogens is 444 g/mol. The summed E-state index contributed by atoms with van der Waals surface area (Å²) in [5.74, 6) is 0.562. The van der Waals surface area contributed by atoms with E-state index < -0.39 is 20.6 Å². The topological polar surface area (TPSA) is 123 Å². The van der Waals surface area contributed by atoms with Crippen molar-refractivity contribution in [2.24, 2.45) is 5.10 Å². The largest absolute Gasteiger partial charge is 0.497 e. The molecule has 0 saturated carbocycles. The monoisotopic (exact) mass is 460 g/mol. The summed E-state index contributed by atoms with van der Waals surface area (Å²) < 4.78 is 32.7. The number of hydrogen-bond acceptors (Lipinski definition) is 7. The lowest BCUT2D eigenvalue weighted by atomic mass is 10.2. The van der Waals surface area contributed by atoms with Crippen LogP contribution in [0.4, 0.5) is 17.1 Å². The number of sulfonamides is 1. The summed E-state index contributed by atoms with van der Waals surface area (Å²) in [5, 5.41) is 16.0. The van der Waals surface area contributed by atoms with Crippen LogP contribution >= 0.6 is 11.6 Å². The molecule has 0 fully saturated rings. The third-order valence-electron chi connectivity index (χ3n) is 4.07. The lowest BCUT2D eigenvalue weighted by molar-refractivity contribution is -0.384. The van der Waals surface area contributed by atoms with Crippen molar-refractivity contribution in [2.45, 2.75) is 4.90 Å². The molecule has 0 aliphatic carbocycles. The number of hydrogen-bond donors (Lipinski definition) is 2. The van der Waals surface area contributed by atoms with Gasteiger partial charge >= 0.3 is 0 Å². The molecule has 160 valence electrons. The van der Waals surface area contributed by atoms with Crippen molar-refractivity contribution in [3.05, 3.63) is 87.4 Å². The Balaban J connectivity index is 1.82. The summed E-state index contributed by atoms with van der Waals surface area (Å²) in [7, 11) is -2.56. The van der Waals surface area contributed by atoms with Crippen LogP contribution in [0.5, 0.6) is 5.75 Å². The predicted molar refractivity (Wildman–Crippen MR) is 120 cm³/mol. The maximum atomic E-state index is 12.6. The number of hydrazone groups is 1. The highest BCUT2D eigenvalue weighted by Gasteiger charge is 2.21. The van der Waals surface area contributed by atoms with E-state index in [2.05, 4.69) is 15.2 Å². The SMILES string of the molecule is COc1ccc(NS(=O)(=O)c2ccc(NN=Cc3cccc(Cl)c3)c([N+](=O)[O-])c2)cc1. The van der Waals surface area contributed by atoms with Gasteiger partial charge in [0.2, 0.25) is 0 Å². The van der Waals surface area contributed by atoms with Gasteiger partial charge in [0, 0.05) is 16.8 Å². The summed E-state index contributed by atoms with van der Waals surface area (Å²) >= 11 is 5.90. The maximum Gasteiger partial charge on any atom is 0.295 e. The molecule has 0 bridgehead atoms. The molecule has 3 rings (SSSR count). The molecule has 3 aromatic carbocycles. The van der Waals surface area contributed by atoms with Gasteiger partial charge in [-0.25, -0.2) is 8.42 Å². The zero-order valence-electron chi connectivity index (χ0n) is 16.2. The van der Waals surface area contributed by atoms with Crippen LogP contribution in [0.15, 0.2) is 76.7 Å². The van der Waals surface area contributed by atoms with Gasteiger partial charge in [0.1, 0.15) is 11.4 Å². The Labute approximate surface area is 183 Å². The fourth-order valence-electron chi connectivity index (χ4n) is 2.56. The van der Waals surface area contributed by atoms with E-state index in [1.54, 1.807) is 36.4 Å². The van der Waals surface area contributed by atoms with Crippen LogP contribution in [-0.4, -0.2) is 26.7 Å². The molecule has 0 aromatic heterocycles. The molecule has 0 aliphatic rings. The van der Waals surface area contributed by atoms with Crippen molar-refractivity contribution < 1.29 is 18.1 Å². The number of ether oxygens (including phenoxy) is 1. The van der Waals surface area contributed by atoms with Crippen molar-refractivity contribution in [1.29, 1.82) is 0 Å². The number of rotatable bonds is 8. The van der Waals surface area contributed by atoms with E-state index in [1.165, 1.54) is 37.6 Å². The number of nitrogens with one attached hydrogen (secondary N) is 2. The second-order valence-corrected chi connectivity index (χ2v) is 8.31. The highest BCUT2D eigenvalue weighted by molar-refractivity contribution is 7.92. The number of benzene rings is 3. The first kappa shape index (κ1) is 22.1. The maximum absolute atomic E-state index is 12.6. The second kappa shape index (κ2) is 9.45. The molecule has 0 radical (unpaired) electrons. The first-order chi connectivity index (χ1) is 14.8. The average molecular weight is 461 g/mol. The van der Waals surface area contributed by atoms with Crippen molar-refractivity contribution >= 4 is 44.9 Å². The van der Waals surface area contributed by atoms with E-state index in [4.69, 9.17) is 16.3 Å². The van der Waals surface area contributed by atoms with Crippen LogP contribution in [-0.2, 0) is 10.0 Å². The molecule has 0 aliphatic heterocycles. The predicted octanol–water partition coefficient (Wildman–Crippen LogP) is 4.50. The number of nitro groups is 1. The van der Waals surface area contributed by atoms with E-state index in [0.29, 0.717) is 16.3 Å². The summed E-state index contributed by atoms with van der Waals surface area (Å²) in [6.45, 7) is 0. The smallest absolute Gasteiger partial charge is 0.295 e. The number of nitrogens with zero attached hydrogens (tertiary/aromatic N) is 2. The Morgan fingerprint density at radius 1 is 1.10 bits per heavy atom. The Hall–Kier alpha value is -3.63. The number of nitro benzene ring substituents is 1. The van der Waals surface area contributed by atoms with E-state index in [9.17, 15) is 18.5 Å². The Bertz CT molecular complexity index is 1230. The van der Waals surface area contributed by atoms with Gasteiger partial charge in [-0.3, -0.25) is 20.3 Å². The number of halogens is 1. The van der Waals surface area contributed by atoms with Gasteiger partial charge in [0.15, 0.2) is 0 Å². The molecule has 9 nitrogen and oxygen atoms in total. The normalized spacial score (nSPS) is 11.3. The minimum Gasteiger partial charge on any atom is -0.497 e. The molecule has 0 unspecified atom stereocenters. The first-order valence-corrected chi connectivity index (χ1v) is 10.6. The van der Waals surface area contributed by atoms with Crippen LogP contribution < -0.4 is 14.9 Å². The van der Waals surface area contributed by atoms with Crippen LogP contribution in [0, 0.1) is 10.1 Å². The fraction of sp³-hybridized carbons (Fsp3) is 0.0500. The average Bonchev–Trinajstić information content (AvgIpc) is 2.74. The van der Waals surface area contributed by atoms with Crippen LogP contribution in [0.1, 0.15) is 5.56 Å². The van der Waals surface area contributed by atoms with Crippen molar-refractivity contribution in [3.8, 4) is 5.75 Å². The molecule has 31 heavy (non-hydrogen) atoms. The third-order valence-corrected chi connectivity index (χ3v) is 5.68. The molecule has 0 heterocycles. The van der Waals surface area contributed by atoms with Crippen molar-refractivity contribution in [3.63, 3.8) is 0 Å². The third kappa shape index (κ3) is 5.71. The quantitative estimate of drug-likeness (QED) is 0.290. The van der Waals surface area contributed by atoms with Gasteiger partial charge in [-0.1, -0.05) is 23.7 Å². The Kier molecular flexibility index (Phi) is 6.73. The molecule has 0 spiro atoms. The van der Waals surface area contributed by atoms with Crippen LogP contribution in [0.25, 0.3) is 0 Å². The van der Waals surface area contributed by atoms with Gasteiger partial charge in [-0.15, -0.1) is 0 Å². The highest BCUT2D eigenvalue weighted by Crippen LogP contribution is 2.29. The van der Waals surface area contributed by atoms with Gasteiger partial charge in [0.25, 0.3) is 15.7 Å². The Morgan fingerprint density at radius 3 is 2.48 bits per heavy atom. The fourth-order valence-corrected chi connectivity index (χ4v) is 3.84. The van der Waals surface area contributed by atoms with Gasteiger partial charge in [-0.2, -0.15) is 5.10 Å². The van der Waals surface area contributed by atoms with Gasteiger partial charge in [0.05, 0.1) is 23.1 Å².